The molecule has 23 heavy (non-hydrogen) atoms. The molecule has 1 aromatic carbocycles. The van der Waals surface area contributed by atoms with E-state index >= 15 is 0 Å². The summed E-state index contributed by atoms with van der Waals surface area (Å²) in [5, 5.41) is 3.37. The van der Waals surface area contributed by atoms with Crippen LogP contribution in [-0.2, 0) is 12.8 Å². The van der Waals surface area contributed by atoms with Crippen molar-refractivity contribution in [3.8, 4) is 0 Å². The fourth-order valence-electron chi connectivity index (χ4n) is 2.78. The minimum absolute atomic E-state index is 0.278. The third-order valence-electron chi connectivity index (χ3n) is 3.97. The molecular weight excluding hydrogens is 286 g/mol. The largest absolute Gasteiger partial charge is 0.368 e. The first-order chi connectivity index (χ1) is 11.1. The molecule has 118 valence electrons. The second-order valence-corrected chi connectivity index (χ2v) is 5.55. The fourth-order valence-corrected chi connectivity index (χ4v) is 2.78. The number of benzene rings is 1. The molecule has 0 aliphatic carbocycles. The monoisotopic (exact) mass is 307 g/mol. The average Bonchev–Trinajstić information content (AvgIpc) is 2.55. The van der Waals surface area contributed by atoms with E-state index in [1.165, 1.54) is 11.1 Å². The number of nitrogens with zero attached hydrogens (tertiary/aromatic N) is 3. The van der Waals surface area contributed by atoms with E-state index in [2.05, 4.69) is 52.3 Å². The average molecular weight is 307 g/mol. The molecule has 3 N–H and O–H groups in total. The maximum absolute atomic E-state index is 5.68. The van der Waals surface area contributed by atoms with Crippen molar-refractivity contribution in [1.82, 2.24) is 15.0 Å². The van der Waals surface area contributed by atoms with Gasteiger partial charge in [-0.1, -0.05) is 19.9 Å². The molecule has 0 unspecified atom stereocenters. The highest BCUT2D eigenvalue weighted by atomic mass is 15.0. The van der Waals surface area contributed by atoms with E-state index in [1.54, 1.807) is 0 Å². The van der Waals surface area contributed by atoms with Gasteiger partial charge in [-0.25, -0.2) is 15.0 Å². The molecule has 3 aromatic rings. The van der Waals surface area contributed by atoms with Crippen molar-refractivity contribution >= 4 is 28.5 Å². The first-order valence-corrected chi connectivity index (χ1v) is 7.90. The van der Waals surface area contributed by atoms with Crippen molar-refractivity contribution in [3.05, 3.63) is 47.2 Å². The third kappa shape index (κ3) is 3.08. The lowest BCUT2D eigenvalue weighted by Gasteiger charge is -2.11. The summed E-state index contributed by atoms with van der Waals surface area (Å²) in [6.45, 7) is 6.25. The first kappa shape index (κ1) is 15.2. The molecule has 0 atom stereocenters. The van der Waals surface area contributed by atoms with Crippen LogP contribution in [-0.4, -0.2) is 15.0 Å². The molecule has 0 fully saturated rings. The van der Waals surface area contributed by atoms with Crippen LogP contribution in [0.2, 0.25) is 0 Å². The molecule has 0 saturated carbocycles. The van der Waals surface area contributed by atoms with E-state index in [0.717, 1.165) is 41.1 Å². The molecule has 0 aliphatic heterocycles. The molecule has 5 heteroatoms. The number of nitrogens with one attached hydrogen (secondary N) is 1. The number of aryl methyl sites for hydroxylation is 3. The van der Waals surface area contributed by atoms with Crippen molar-refractivity contribution in [1.29, 1.82) is 0 Å². The molecule has 0 spiro atoms. The fraction of sp³-hybridized carbons (Fsp3) is 0.278. The number of aromatic nitrogens is 3. The number of hydrogen-bond acceptors (Lipinski definition) is 5. The van der Waals surface area contributed by atoms with Crippen LogP contribution in [0.1, 0.15) is 30.7 Å². The lowest BCUT2D eigenvalue weighted by atomic mass is 10.0. The Hall–Kier alpha value is -2.69. The van der Waals surface area contributed by atoms with Crippen LogP contribution in [0, 0.1) is 6.92 Å². The normalized spacial score (nSPS) is 10.9. The summed E-state index contributed by atoms with van der Waals surface area (Å²) in [5.41, 5.74) is 11.8. The van der Waals surface area contributed by atoms with Gasteiger partial charge in [0.25, 0.3) is 0 Å². The summed E-state index contributed by atoms with van der Waals surface area (Å²) in [7, 11) is 0. The van der Waals surface area contributed by atoms with Gasteiger partial charge < -0.3 is 11.1 Å². The summed E-state index contributed by atoms with van der Waals surface area (Å²) >= 11 is 0. The highest BCUT2D eigenvalue weighted by Crippen LogP contribution is 2.22. The van der Waals surface area contributed by atoms with Crippen molar-refractivity contribution in [2.75, 3.05) is 11.1 Å². The Morgan fingerprint density at radius 3 is 2.48 bits per heavy atom. The third-order valence-corrected chi connectivity index (χ3v) is 3.97. The molecular formula is C18H21N5. The minimum Gasteiger partial charge on any atom is -0.368 e. The second kappa shape index (κ2) is 6.20. The lowest BCUT2D eigenvalue weighted by molar-refractivity contribution is 1.04. The van der Waals surface area contributed by atoms with E-state index < -0.39 is 0 Å². The zero-order valence-electron chi connectivity index (χ0n) is 13.7. The molecule has 2 heterocycles. The number of anilines is 3. The lowest BCUT2D eigenvalue weighted by Crippen LogP contribution is -2.01. The predicted octanol–water partition coefficient (Wildman–Crippen LogP) is 3.78. The van der Waals surface area contributed by atoms with E-state index in [0.29, 0.717) is 0 Å². The molecule has 0 amide bonds. The Bertz CT molecular complexity index is 857. The van der Waals surface area contributed by atoms with Crippen LogP contribution in [0.15, 0.2) is 30.3 Å². The minimum atomic E-state index is 0.278. The Morgan fingerprint density at radius 2 is 1.74 bits per heavy atom. The number of hydrogen-bond donors (Lipinski definition) is 2. The molecule has 2 aromatic heterocycles. The maximum atomic E-state index is 5.68. The van der Waals surface area contributed by atoms with Gasteiger partial charge in [0.1, 0.15) is 11.3 Å². The van der Waals surface area contributed by atoms with Gasteiger partial charge in [0.05, 0.1) is 11.2 Å². The van der Waals surface area contributed by atoms with E-state index in [1.807, 2.05) is 19.1 Å². The van der Waals surface area contributed by atoms with Gasteiger partial charge in [0.15, 0.2) is 0 Å². The summed E-state index contributed by atoms with van der Waals surface area (Å²) < 4.78 is 0. The zero-order chi connectivity index (χ0) is 16.4. The molecule has 0 bridgehead atoms. The van der Waals surface area contributed by atoms with Gasteiger partial charge in [-0.3, -0.25) is 0 Å². The Morgan fingerprint density at radius 1 is 0.957 bits per heavy atom. The summed E-state index contributed by atoms with van der Waals surface area (Å²) in [5.74, 6) is 1.06. The number of nitrogens with two attached hydrogens (primary N) is 1. The van der Waals surface area contributed by atoms with Gasteiger partial charge in [-0.15, -0.1) is 0 Å². The topological polar surface area (TPSA) is 76.7 Å². The molecule has 5 nitrogen and oxygen atoms in total. The second-order valence-electron chi connectivity index (χ2n) is 5.55. The number of rotatable bonds is 4. The Kier molecular flexibility index (Phi) is 4.10. The summed E-state index contributed by atoms with van der Waals surface area (Å²) in [6, 6.07) is 10.3. The quantitative estimate of drug-likeness (QED) is 0.767. The van der Waals surface area contributed by atoms with Crippen LogP contribution >= 0.6 is 0 Å². The number of nitrogen functional groups attached to an aromatic ring is 1. The van der Waals surface area contributed by atoms with Crippen molar-refractivity contribution in [2.24, 2.45) is 0 Å². The molecule has 0 saturated heterocycles. The van der Waals surface area contributed by atoms with Crippen molar-refractivity contribution < 1.29 is 0 Å². The van der Waals surface area contributed by atoms with Gasteiger partial charge >= 0.3 is 0 Å². The predicted molar refractivity (Wildman–Crippen MR) is 95.0 cm³/mol. The molecule has 0 aliphatic rings. The van der Waals surface area contributed by atoms with Gasteiger partial charge in [0.2, 0.25) is 5.95 Å². The standard InChI is InChI=1S/C18H21N5/c1-4-12-6-7-14(10-13(12)5-2)21-16-9-8-15-17(23-16)11(3)20-18(19)22-15/h6-10H,4-5H2,1-3H3,(H,21,23)(H2,19,20,22). The first-order valence-electron chi connectivity index (χ1n) is 7.90. The van der Waals surface area contributed by atoms with E-state index in [9.17, 15) is 0 Å². The van der Waals surface area contributed by atoms with Crippen LogP contribution in [0.3, 0.4) is 0 Å². The smallest absolute Gasteiger partial charge is 0.220 e. The van der Waals surface area contributed by atoms with Gasteiger partial charge in [-0.05, 0) is 55.2 Å². The zero-order valence-corrected chi connectivity index (χ0v) is 13.7. The summed E-state index contributed by atoms with van der Waals surface area (Å²) in [4.78, 5) is 13.0. The van der Waals surface area contributed by atoms with Crippen LogP contribution in [0.4, 0.5) is 17.5 Å². The Balaban J connectivity index is 1.95. The highest BCUT2D eigenvalue weighted by Gasteiger charge is 2.07. The van der Waals surface area contributed by atoms with Crippen LogP contribution in [0.25, 0.3) is 11.0 Å². The van der Waals surface area contributed by atoms with Crippen LogP contribution in [0.5, 0.6) is 0 Å². The van der Waals surface area contributed by atoms with E-state index in [4.69, 9.17) is 5.73 Å². The number of fused-ring (bicyclic) bond motifs is 1. The van der Waals surface area contributed by atoms with Crippen LogP contribution < -0.4 is 11.1 Å². The SMILES string of the molecule is CCc1ccc(Nc2ccc3nc(N)nc(C)c3n2)cc1CC. The highest BCUT2D eigenvalue weighted by molar-refractivity contribution is 5.80. The van der Waals surface area contributed by atoms with Gasteiger partial charge in [-0.2, -0.15) is 0 Å². The number of pyridine rings is 1. The van der Waals surface area contributed by atoms with Gasteiger partial charge in [0, 0.05) is 5.69 Å². The molecule has 0 radical (unpaired) electrons. The maximum Gasteiger partial charge on any atom is 0.220 e. The van der Waals surface area contributed by atoms with Crippen molar-refractivity contribution in [3.63, 3.8) is 0 Å². The summed E-state index contributed by atoms with van der Waals surface area (Å²) in [6.07, 6.45) is 2.08. The Labute approximate surface area is 136 Å². The van der Waals surface area contributed by atoms with Crippen molar-refractivity contribution in [2.45, 2.75) is 33.6 Å². The molecule has 3 rings (SSSR count). The van der Waals surface area contributed by atoms with E-state index in [-0.39, 0.29) is 5.95 Å².